The molecule has 0 saturated heterocycles. The molecule has 0 spiro atoms. The second-order valence-electron chi connectivity index (χ2n) is 14.8. The molecule has 2 aliphatic carbocycles. The van der Waals surface area contributed by atoms with Crippen molar-refractivity contribution in [2.75, 3.05) is 18.1 Å². The number of halogens is 7. The molecule has 0 bridgehead atoms. The fourth-order valence-corrected chi connectivity index (χ4v) is 8.49. The van der Waals surface area contributed by atoms with Crippen LogP contribution < -0.4 is 15.2 Å². The number of hydrogen-bond acceptors (Lipinski definition) is 8. The number of rotatable bonds is 11. The summed E-state index contributed by atoms with van der Waals surface area (Å²) in [5.41, 5.74) is 2.08. The summed E-state index contributed by atoms with van der Waals surface area (Å²) in [6.07, 6.45) is -3.09. The SMILES string of the molecule is COc1cc(-c2ccc(Cl)c3c(NS(C)(=O)=O)nn(C)c23)c([C@@H](Cc2cc(F)cc(F)c2)C(C(N)=O)n2nc(C(F)F)c3c2C(F)(F)[C@@H]2C[C@H]32)nc1C#CC(C)(C)O. The summed E-state index contributed by atoms with van der Waals surface area (Å²) >= 11 is 6.62. The summed E-state index contributed by atoms with van der Waals surface area (Å²) in [5.74, 6) is -5.91. The van der Waals surface area contributed by atoms with Crippen molar-refractivity contribution in [3.63, 3.8) is 0 Å². The maximum absolute atomic E-state index is 16.1. The Morgan fingerprint density at radius 1 is 1.14 bits per heavy atom. The van der Waals surface area contributed by atoms with E-state index in [2.05, 4.69) is 26.8 Å². The average Bonchev–Trinajstić information content (AvgIpc) is 3.63. The molecule has 12 nitrogen and oxygen atoms in total. The summed E-state index contributed by atoms with van der Waals surface area (Å²) < 4.78 is 125. The van der Waals surface area contributed by atoms with Crippen LogP contribution in [-0.4, -0.2) is 62.9 Å². The van der Waals surface area contributed by atoms with Crippen molar-refractivity contribution in [3.05, 3.63) is 87.0 Å². The minimum absolute atomic E-state index is 0.0204. The first-order valence-corrected chi connectivity index (χ1v) is 19.8. The predicted octanol–water partition coefficient (Wildman–Crippen LogP) is 6.47. The molecule has 1 saturated carbocycles. The van der Waals surface area contributed by atoms with Crippen molar-refractivity contribution in [3.8, 4) is 28.7 Å². The van der Waals surface area contributed by atoms with Crippen LogP contribution in [0.5, 0.6) is 5.75 Å². The van der Waals surface area contributed by atoms with E-state index in [9.17, 15) is 35.9 Å². The Balaban J connectivity index is 1.60. The Kier molecular flexibility index (Phi) is 10.0. The molecule has 7 rings (SSSR count). The Labute approximate surface area is 332 Å². The zero-order chi connectivity index (χ0) is 42.4. The minimum atomic E-state index is -3.91. The van der Waals surface area contributed by atoms with Crippen LogP contribution in [0.25, 0.3) is 22.0 Å². The van der Waals surface area contributed by atoms with Gasteiger partial charge < -0.3 is 15.6 Å². The van der Waals surface area contributed by atoms with Gasteiger partial charge in [-0.05, 0) is 68.4 Å². The molecule has 1 amide bonds. The van der Waals surface area contributed by atoms with Crippen LogP contribution in [0, 0.1) is 29.4 Å². The molecule has 5 aromatic rings. The number of hydrogen-bond donors (Lipinski definition) is 3. The predicted molar refractivity (Wildman–Crippen MR) is 200 cm³/mol. The molecule has 3 aromatic heterocycles. The van der Waals surface area contributed by atoms with E-state index >= 15 is 8.78 Å². The minimum Gasteiger partial charge on any atom is -0.494 e. The average molecular weight is 850 g/mol. The third-order valence-electron chi connectivity index (χ3n) is 10.0. The number of benzene rings is 2. The third kappa shape index (κ3) is 7.32. The number of carbonyl (C=O) groups excluding carboxylic acids is 1. The Bertz CT molecular complexity index is 2680. The fourth-order valence-electron chi connectivity index (χ4n) is 7.75. The lowest BCUT2D eigenvalue weighted by molar-refractivity contribution is -0.122. The molecule has 1 fully saturated rings. The highest BCUT2D eigenvalue weighted by atomic mass is 35.5. The van der Waals surface area contributed by atoms with Crippen LogP contribution in [0.3, 0.4) is 0 Å². The normalized spacial score (nSPS) is 18.0. The topological polar surface area (TPSA) is 167 Å². The summed E-state index contributed by atoms with van der Waals surface area (Å²) in [7, 11) is -1.17. The Hall–Kier alpha value is -5.32. The maximum Gasteiger partial charge on any atom is 0.293 e. The van der Waals surface area contributed by atoms with Gasteiger partial charge in [-0.25, -0.2) is 35.6 Å². The molecule has 58 heavy (non-hydrogen) atoms. The van der Waals surface area contributed by atoms with Gasteiger partial charge in [0, 0.05) is 41.6 Å². The van der Waals surface area contributed by atoms with Crippen LogP contribution in [-0.2, 0) is 34.2 Å². The van der Waals surface area contributed by atoms with E-state index in [0.29, 0.717) is 10.7 Å². The zero-order valence-corrected chi connectivity index (χ0v) is 32.8. The van der Waals surface area contributed by atoms with Crippen LogP contribution >= 0.6 is 11.6 Å². The zero-order valence-electron chi connectivity index (χ0n) is 31.2. The monoisotopic (exact) mass is 849 g/mol. The molecule has 0 aliphatic heterocycles. The lowest BCUT2D eigenvalue weighted by atomic mass is 9.83. The van der Waals surface area contributed by atoms with Crippen molar-refractivity contribution < 1.29 is 49.4 Å². The second-order valence-corrected chi connectivity index (χ2v) is 17.0. The third-order valence-corrected chi connectivity index (χ3v) is 10.9. The highest BCUT2D eigenvalue weighted by Gasteiger charge is 2.67. The highest BCUT2D eigenvalue weighted by molar-refractivity contribution is 7.92. The van der Waals surface area contributed by atoms with Crippen LogP contribution in [0.2, 0.25) is 5.02 Å². The van der Waals surface area contributed by atoms with Gasteiger partial charge in [-0.2, -0.15) is 19.0 Å². The van der Waals surface area contributed by atoms with Crippen LogP contribution in [0.4, 0.5) is 32.2 Å². The van der Waals surface area contributed by atoms with Gasteiger partial charge in [0.05, 0.1) is 35.0 Å². The number of nitrogens with one attached hydrogen (secondary N) is 1. The number of amides is 1. The number of pyridine rings is 1. The van der Waals surface area contributed by atoms with Gasteiger partial charge in [0.1, 0.15) is 34.7 Å². The number of sulfonamides is 1. The first kappa shape index (κ1) is 40.9. The van der Waals surface area contributed by atoms with E-state index in [1.807, 2.05) is 0 Å². The van der Waals surface area contributed by atoms with Gasteiger partial charge in [0.2, 0.25) is 15.9 Å². The molecule has 2 aromatic carbocycles. The summed E-state index contributed by atoms with van der Waals surface area (Å²) in [4.78, 5) is 18.6. The molecular weight excluding hydrogens is 816 g/mol. The molecule has 4 N–H and O–H groups in total. The molecular formula is C38H34ClF6N7O5S. The van der Waals surface area contributed by atoms with Crippen LogP contribution in [0.15, 0.2) is 36.4 Å². The van der Waals surface area contributed by atoms with Crippen molar-refractivity contribution in [1.82, 2.24) is 24.5 Å². The molecule has 3 heterocycles. The fraction of sp³-hybridized carbons (Fsp3) is 0.368. The number of alkyl halides is 4. The van der Waals surface area contributed by atoms with Gasteiger partial charge in [0.25, 0.3) is 12.3 Å². The molecule has 4 atom stereocenters. The summed E-state index contributed by atoms with van der Waals surface area (Å²) in [6.45, 7) is 2.76. The van der Waals surface area contributed by atoms with Gasteiger partial charge in [-0.1, -0.05) is 23.6 Å². The van der Waals surface area contributed by atoms with Gasteiger partial charge in [-0.3, -0.25) is 14.2 Å². The quantitative estimate of drug-likeness (QED) is 0.101. The van der Waals surface area contributed by atoms with Crippen molar-refractivity contribution >= 4 is 44.3 Å². The summed E-state index contributed by atoms with van der Waals surface area (Å²) in [6, 6.07) is 4.66. The van der Waals surface area contributed by atoms with E-state index < -0.39 is 92.7 Å². The van der Waals surface area contributed by atoms with Gasteiger partial charge >= 0.3 is 0 Å². The molecule has 20 heteroatoms. The Morgan fingerprint density at radius 2 is 1.81 bits per heavy atom. The molecule has 2 aliphatic rings. The first-order chi connectivity index (χ1) is 27.0. The number of nitrogens with two attached hydrogens (primary N) is 1. The first-order valence-electron chi connectivity index (χ1n) is 17.5. The van der Waals surface area contributed by atoms with Gasteiger partial charge in [-0.15, -0.1) is 0 Å². The number of methoxy groups -OCH3 is 1. The van der Waals surface area contributed by atoms with E-state index in [0.717, 1.165) is 18.4 Å². The van der Waals surface area contributed by atoms with Gasteiger partial charge in [0.15, 0.2) is 17.3 Å². The number of nitrogens with zero attached hydrogens (tertiary/aromatic N) is 5. The smallest absolute Gasteiger partial charge is 0.293 e. The molecule has 0 radical (unpaired) electrons. The molecule has 306 valence electrons. The van der Waals surface area contributed by atoms with Crippen molar-refractivity contribution in [2.45, 2.75) is 62.5 Å². The standard InChI is InChI=1S/C38H34ClF6N7O5S/c1-37(2,54)9-8-25-26(57-4)15-20(19-6-7-24(39)28-31(19)51(3)49-36(28)50-58(5,55)56)29(47-25)22(12-16-10-17(40)13-18(41)11-16)32(35(46)53)52-33-27(30(48-52)34(42)43)21-14-23(21)38(33,44)45/h6-7,10-11,13,15,21-23,32,34,54H,12,14H2,1-5H3,(H2,46,53)(H,49,50)/t21-,22+,23+,32?/m0/s1. The number of primary amides is 1. The highest BCUT2D eigenvalue weighted by Crippen LogP contribution is 2.68. The van der Waals surface area contributed by atoms with E-state index in [1.54, 1.807) is 0 Å². The number of carbonyl (C=O) groups is 1. The number of anilines is 1. The number of aromatic nitrogens is 5. The Morgan fingerprint density at radius 3 is 2.40 bits per heavy atom. The largest absolute Gasteiger partial charge is 0.494 e. The number of ether oxygens (including phenoxy) is 1. The van der Waals surface area contributed by atoms with E-state index in [1.165, 1.54) is 50.9 Å². The van der Waals surface area contributed by atoms with Crippen molar-refractivity contribution in [1.29, 1.82) is 0 Å². The number of aliphatic hydroxyl groups is 1. The lowest BCUT2D eigenvalue weighted by Gasteiger charge is -2.30. The van der Waals surface area contributed by atoms with Crippen LogP contribution in [0.1, 0.15) is 78.5 Å². The lowest BCUT2D eigenvalue weighted by Crippen LogP contribution is -2.37. The maximum atomic E-state index is 16.1. The molecule has 1 unspecified atom stereocenters. The second kappa shape index (κ2) is 14.2. The number of aryl methyl sites for hydroxylation is 1. The number of fused-ring (bicyclic) bond motifs is 4. The van der Waals surface area contributed by atoms with E-state index in [-0.39, 0.29) is 62.0 Å². The van der Waals surface area contributed by atoms with E-state index in [4.69, 9.17) is 27.1 Å². The van der Waals surface area contributed by atoms with Crippen molar-refractivity contribution in [2.24, 2.45) is 18.7 Å². The summed E-state index contributed by atoms with van der Waals surface area (Å²) in [5, 5.41) is 18.9.